The molecule has 1 fully saturated rings. The third kappa shape index (κ3) is 3.47. The van der Waals surface area contributed by atoms with Crippen molar-refractivity contribution in [1.29, 1.82) is 0 Å². The molecule has 0 atom stereocenters. The Morgan fingerprint density at radius 3 is 2.73 bits per heavy atom. The number of aromatic nitrogens is 1. The molecule has 2 aromatic rings. The van der Waals surface area contributed by atoms with Gasteiger partial charge in [0.15, 0.2) is 0 Å². The summed E-state index contributed by atoms with van der Waals surface area (Å²) < 4.78 is 5.35. The fourth-order valence-electron chi connectivity index (χ4n) is 2.51. The Kier molecular flexibility index (Phi) is 4.41. The van der Waals surface area contributed by atoms with E-state index in [1.54, 1.807) is 6.07 Å². The molecule has 0 unspecified atom stereocenters. The molecular formula is C16H17N3O3. The topological polar surface area (TPSA) is 68.5 Å². The minimum Gasteiger partial charge on any atom is -0.379 e. The van der Waals surface area contributed by atoms with Crippen LogP contribution in [0.3, 0.4) is 0 Å². The predicted octanol–water partition coefficient (Wildman–Crippen LogP) is 2.49. The molecule has 0 spiro atoms. The Labute approximate surface area is 128 Å². The summed E-state index contributed by atoms with van der Waals surface area (Å²) in [4.78, 5) is 16.8. The maximum Gasteiger partial charge on any atom is 0.287 e. The molecule has 6 nitrogen and oxygen atoms in total. The number of ether oxygens (including phenoxy) is 1. The molecule has 3 rings (SSSR count). The normalized spacial score (nSPS) is 15.6. The summed E-state index contributed by atoms with van der Waals surface area (Å²) in [6, 6.07) is 11.3. The Balaban J connectivity index is 1.76. The van der Waals surface area contributed by atoms with Crippen molar-refractivity contribution >= 4 is 5.69 Å². The average molecular weight is 299 g/mol. The van der Waals surface area contributed by atoms with E-state index in [4.69, 9.17) is 4.74 Å². The first kappa shape index (κ1) is 14.6. The first-order valence-electron chi connectivity index (χ1n) is 7.22. The molecule has 22 heavy (non-hydrogen) atoms. The number of nitrogens with zero attached hydrogens (tertiary/aromatic N) is 3. The maximum atomic E-state index is 10.7. The van der Waals surface area contributed by atoms with Crippen LogP contribution in [0.25, 0.3) is 11.3 Å². The Bertz CT molecular complexity index is 652. The summed E-state index contributed by atoms with van der Waals surface area (Å²) in [7, 11) is 0. The quantitative estimate of drug-likeness (QED) is 0.641. The summed E-state index contributed by atoms with van der Waals surface area (Å²) in [6.07, 6.45) is 1.30. The van der Waals surface area contributed by atoms with Gasteiger partial charge >= 0.3 is 0 Å². The molecule has 0 saturated carbocycles. The SMILES string of the molecule is O=[N+]([O-])c1ccc(-c2cccc(CN3CCOCC3)c2)nc1. The zero-order chi connectivity index (χ0) is 15.4. The summed E-state index contributed by atoms with van der Waals surface area (Å²) in [6.45, 7) is 4.33. The van der Waals surface area contributed by atoms with Crippen molar-refractivity contribution in [2.45, 2.75) is 6.54 Å². The fourth-order valence-corrected chi connectivity index (χ4v) is 2.51. The van der Waals surface area contributed by atoms with E-state index in [9.17, 15) is 10.1 Å². The second kappa shape index (κ2) is 6.64. The summed E-state index contributed by atoms with van der Waals surface area (Å²) in [5.74, 6) is 0. The van der Waals surface area contributed by atoms with Crippen LogP contribution in [0.2, 0.25) is 0 Å². The summed E-state index contributed by atoms with van der Waals surface area (Å²) >= 11 is 0. The van der Waals surface area contributed by atoms with Crippen LogP contribution in [0, 0.1) is 10.1 Å². The van der Waals surface area contributed by atoms with Crippen LogP contribution in [0.1, 0.15) is 5.56 Å². The molecule has 1 saturated heterocycles. The highest BCUT2D eigenvalue weighted by Crippen LogP contribution is 2.21. The van der Waals surface area contributed by atoms with Crippen LogP contribution in [0.4, 0.5) is 5.69 Å². The van der Waals surface area contributed by atoms with Gasteiger partial charge in [0.05, 0.1) is 23.8 Å². The van der Waals surface area contributed by atoms with Crippen molar-refractivity contribution in [1.82, 2.24) is 9.88 Å². The number of morpholine rings is 1. The molecule has 0 amide bonds. The van der Waals surface area contributed by atoms with E-state index in [-0.39, 0.29) is 5.69 Å². The van der Waals surface area contributed by atoms with Gasteiger partial charge in [-0.05, 0) is 17.7 Å². The largest absolute Gasteiger partial charge is 0.379 e. The van der Waals surface area contributed by atoms with E-state index in [0.717, 1.165) is 44.1 Å². The highest BCUT2D eigenvalue weighted by atomic mass is 16.6. The van der Waals surface area contributed by atoms with E-state index in [1.807, 2.05) is 12.1 Å². The number of nitro groups is 1. The highest BCUT2D eigenvalue weighted by molar-refractivity contribution is 5.60. The van der Waals surface area contributed by atoms with E-state index in [2.05, 4.69) is 22.0 Å². The molecule has 2 heterocycles. The van der Waals surface area contributed by atoms with Gasteiger partial charge in [-0.25, -0.2) is 4.98 Å². The molecule has 0 aliphatic carbocycles. The fraction of sp³-hybridized carbons (Fsp3) is 0.312. The number of pyridine rings is 1. The van der Waals surface area contributed by atoms with E-state index in [1.165, 1.54) is 17.8 Å². The van der Waals surface area contributed by atoms with Crippen molar-refractivity contribution in [3.8, 4) is 11.3 Å². The van der Waals surface area contributed by atoms with Gasteiger partial charge in [0.25, 0.3) is 5.69 Å². The second-order valence-corrected chi connectivity index (χ2v) is 5.25. The number of benzene rings is 1. The minimum absolute atomic E-state index is 0.00761. The first-order chi connectivity index (χ1) is 10.7. The number of hydrogen-bond donors (Lipinski definition) is 0. The lowest BCUT2D eigenvalue weighted by molar-refractivity contribution is -0.385. The molecule has 6 heteroatoms. The van der Waals surface area contributed by atoms with Gasteiger partial charge in [-0.15, -0.1) is 0 Å². The van der Waals surface area contributed by atoms with Crippen molar-refractivity contribution in [2.24, 2.45) is 0 Å². The van der Waals surface area contributed by atoms with Gasteiger partial charge in [0.1, 0.15) is 6.20 Å². The van der Waals surface area contributed by atoms with Crippen LogP contribution in [0.15, 0.2) is 42.6 Å². The maximum absolute atomic E-state index is 10.7. The zero-order valence-corrected chi connectivity index (χ0v) is 12.1. The van der Waals surface area contributed by atoms with Crippen LogP contribution in [-0.2, 0) is 11.3 Å². The molecule has 1 aliphatic heterocycles. The van der Waals surface area contributed by atoms with Gasteiger partial charge in [0.2, 0.25) is 0 Å². The average Bonchev–Trinajstić information content (AvgIpc) is 2.56. The van der Waals surface area contributed by atoms with Crippen LogP contribution in [0.5, 0.6) is 0 Å². The minimum atomic E-state index is -0.439. The van der Waals surface area contributed by atoms with E-state index >= 15 is 0 Å². The standard InChI is InChI=1S/C16H17N3O3/c20-19(21)15-4-5-16(17-11-15)14-3-1-2-13(10-14)12-18-6-8-22-9-7-18/h1-5,10-11H,6-9,12H2. The zero-order valence-electron chi connectivity index (χ0n) is 12.1. The van der Waals surface area contributed by atoms with Crippen molar-refractivity contribution in [3.63, 3.8) is 0 Å². The Morgan fingerprint density at radius 1 is 1.23 bits per heavy atom. The van der Waals surface area contributed by atoms with Gasteiger partial charge in [0, 0.05) is 31.3 Å². The van der Waals surface area contributed by atoms with Crippen molar-refractivity contribution < 1.29 is 9.66 Å². The Morgan fingerprint density at radius 2 is 2.05 bits per heavy atom. The smallest absolute Gasteiger partial charge is 0.287 e. The molecule has 0 radical (unpaired) electrons. The third-order valence-electron chi connectivity index (χ3n) is 3.69. The van der Waals surface area contributed by atoms with E-state index < -0.39 is 4.92 Å². The lowest BCUT2D eigenvalue weighted by Crippen LogP contribution is -2.35. The van der Waals surface area contributed by atoms with Gasteiger partial charge in [-0.2, -0.15) is 0 Å². The van der Waals surface area contributed by atoms with Crippen LogP contribution >= 0.6 is 0 Å². The molecule has 0 bridgehead atoms. The van der Waals surface area contributed by atoms with Crippen LogP contribution in [-0.4, -0.2) is 41.1 Å². The summed E-state index contributed by atoms with van der Waals surface area (Å²) in [5.41, 5.74) is 2.93. The molecular weight excluding hydrogens is 282 g/mol. The number of rotatable bonds is 4. The van der Waals surface area contributed by atoms with Crippen LogP contribution < -0.4 is 0 Å². The van der Waals surface area contributed by atoms with Gasteiger partial charge < -0.3 is 4.74 Å². The highest BCUT2D eigenvalue weighted by Gasteiger charge is 2.11. The molecule has 0 N–H and O–H groups in total. The molecule has 114 valence electrons. The second-order valence-electron chi connectivity index (χ2n) is 5.25. The van der Waals surface area contributed by atoms with Gasteiger partial charge in [-0.1, -0.05) is 18.2 Å². The summed E-state index contributed by atoms with van der Waals surface area (Å²) in [5, 5.41) is 10.7. The monoisotopic (exact) mass is 299 g/mol. The molecule has 1 aromatic carbocycles. The third-order valence-corrected chi connectivity index (χ3v) is 3.69. The van der Waals surface area contributed by atoms with Gasteiger partial charge in [-0.3, -0.25) is 15.0 Å². The molecule has 1 aliphatic rings. The number of hydrogen-bond acceptors (Lipinski definition) is 5. The lowest BCUT2D eigenvalue weighted by Gasteiger charge is -2.26. The van der Waals surface area contributed by atoms with Crippen molar-refractivity contribution in [2.75, 3.05) is 26.3 Å². The first-order valence-corrected chi connectivity index (χ1v) is 7.22. The Hall–Kier alpha value is -2.31. The van der Waals surface area contributed by atoms with Crippen molar-refractivity contribution in [3.05, 3.63) is 58.3 Å². The lowest BCUT2D eigenvalue weighted by atomic mass is 10.1. The molecule has 1 aromatic heterocycles. The predicted molar refractivity (Wildman–Crippen MR) is 82.4 cm³/mol. The van der Waals surface area contributed by atoms with E-state index in [0.29, 0.717) is 0 Å².